The van der Waals surface area contributed by atoms with Crippen molar-refractivity contribution in [3.05, 3.63) is 70.3 Å². The summed E-state index contributed by atoms with van der Waals surface area (Å²) in [5, 5.41) is 0.745. The highest BCUT2D eigenvalue weighted by Gasteiger charge is 2.42. The van der Waals surface area contributed by atoms with Crippen LogP contribution in [0.2, 0.25) is 5.02 Å². The van der Waals surface area contributed by atoms with Crippen molar-refractivity contribution in [3.8, 4) is 5.75 Å². The number of fused-ring (bicyclic) bond motifs is 3. The van der Waals surface area contributed by atoms with Crippen molar-refractivity contribution in [1.82, 2.24) is 4.90 Å². The molecule has 10 heteroatoms. The van der Waals surface area contributed by atoms with Crippen molar-refractivity contribution in [3.63, 3.8) is 0 Å². The molecule has 3 heterocycles. The predicted molar refractivity (Wildman–Crippen MR) is 209 cm³/mol. The van der Waals surface area contributed by atoms with Crippen molar-refractivity contribution in [2.75, 3.05) is 56.3 Å². The van der Waals surface area contributed by atoms with Gasteiger partial charge in [-0.1, -0.05) is 71.4 Å². The summed E-state index contributed by atoms with van der Waals surface area (Å²) < 4.78 is 31.6. The number of anilines is 1. The molecule has 4 aliphatic rings. The summed E-state index contributed by atoms with van der Waals surface area (Å²) in [6.45, 7) is 15.9. The van der Waals surface area contributed by atoms with Crippen LogP contribution in [0.3, 0.4) is 0 Å². The maximum atomic E-state index is 14.5. The second-order valence-electron chi connectivity index (χ2n) is 15.1. The van der Waals surface area contributed by atoms with Crippen LogP contribution in [0.25, 0.3) is 0 Å². The Morgan fingerprint density at radius 2 is 1.88 bits per heavy atom. The van der Waals surface area contributed by atoms with E-state index < -0.39 is 15.6 Å². The molecule has 0 N–H and O–H groups in total. The first-order valence-electron chi connectivity index (χ1n) is 19.0. The van der Waals surface area contributed by atoms with E-state index in [-0.39, 0.29) is 46.7 Å². The normalized spacial score (nSPS) is 30.5. The van der Waals surface area contributed by atoms with Crippen molar-refractivity contribution in [2.45, 2.75) is 85.2 Å². The van der Waals surface area contributed by atoms with E-state index in [1.54, 1.807) is 18.1 Å². The van der Waals surface area contributed by atoms with Crippen LogP contribution in [-0.4, -0.2) is 78.4 Å². The number of carbonyl (C=O) groups excluding carboxylic acids is 2. The van der Waals surface area contributed by atoms with Gasteiger partial charge >= 0.3 is 0 Å². The third-order valence-electron chi connectivity index (χ3n) is 11.4. The third kappa shape index (κ3) is 8.85. The number of halogens is 1. The molecule has 1 fully saturated rings. The van der Waals surface area contributed by atoms with Crippen molar-refractivity contribution < 1.29 is 23.3 Å². The Balaban J connectivity index is 0.00000248. The minimum Gasteiger partial charge on any atom is -0.490 e. The number of benzene rings is 2. The standard InChI is InChI=1S/C39H52ClN3O5S.C2H6/c1-6-29-20-42(21-29)37(44)23-49(46)22-26(2)9-7-11-35(47-5)28(4)27(3)19-43-24-39(16-8-10-30-17-32(40)13-14-33(30)39)25-48-36-15-12-31(18-34(36)43)38(45)41-49;1-2/h7,11-15,17-18,26-29,35H,6,8-10,16,19-25H2,1-5H3;1-2H3/b11-7+;/t26-,27-,28+,35-,39-,49+;/m0./s1. The number of rotatable bonds is 4. The molecular formula is C41H58ClN3O5S. The maximum Gasteiger partial charge on any atom is 0.285 e. The Labute approximate surface area is 311 Å². The molecule has 6 atom stereocenters. The van der Waals surface area contributed by atoms with E-state index >= 15 is 0 Å². The van der Waals surface area contributed by atoms with Crippen LogP contribution in [0, 0.1) is 23.7 Å². The molecule has 1 aliphatic carbocycles. The molecule has 0 unspecified atom stereocenters. The summed E-state index contributed by atoms with van der Waals surface area (Å²) in [5.74, 6) is 0.741. The molecule has 2 aromatic rings. The zero-order valence-corrected chi connectivity index (χ0v) is 33.2. The third-order valence-corrected chi connectivity index (χ3v) is 13.9. The van der Waals surface area contributed by atoms with Gasteiger partial charge in [-0.05, 0) is 97.2 Å². The van der Waals surface area contributed by atoms with Crippen LogP contribution in [0.4, 0.5) is 5.69 Å². The second-order valence-corrected chi connectivity index (χ2v) is 17.9. The van der Waals surface area contributed by atoms with E-state index in [0.29, 0.717) is 49.9 Å². The lowest BCUT2D eigenvalue weighted by molar-refractivity contribution is -0.134. The van der Waals surface area contributed by atoms with Gasteiger partial charge in [0, 0.05) is 55.0 Å². The van der Waals surface area contributed by atoms with Crippen LogP contribution in [0.15, 0.2) is 52.9 Å². The van der Waals surface area contributed by atoms with Gasteiger partial charge in [0.1, 0.15) is 11.5 Å². The molecule has 0 aromatic heterocycles. The predicted octanol–water partition coefficient (Wildman–Crippen LogP) is 8.20. The SMILES string of the molecule is CC.CCC1CN(C(=O)C[S@@]2(=O)=NC(=O)c3ccc4c(c3)N(C[C@H](C)[C@@H](C)[C@@H](OC)/C=C/C[C@H](C)C2)C[C@@]2(CCCc3cc(Cl)ccc32)CO4)C1. The quantitative estimate of drug-likeness (QED) is 0.294. The van der Waals surface area contributed by atoms with E-state index in [0.717, 1.165) is 42.9 Å². The van der Waals surface area contributed by atoms with Crippen molar-refractivity contribution >= 4 is 38.8 Å². The lowest BCUT2D eigenvalue weighted by atomic mass is 9.70. The summed E-state index contributed by atoms with van der Waals surface area (Å²) in [6.07, 6.45) is 8.75. The number of aryl methyl sites for hydroxylation is 1. The number of allylic oxidation sites excluding steroid dienone is 1. The maximum absolute atomic E-state index is 14.5. The number of ether oxygens (including phenoxy) is 2. The first kappa shape index (κ1) is 39.3. The van der Waals surface area contributed by atoms with E-state index in [4.69, 9.17) is 21.1 Å². The molecule has 1 spiro atoms. The van der Waals surface area contributed by atoms with Gasteiger partial charge in [0.05, 0.1) is 28.1 Å². The van der Waals surface area contributed by atoms with E-state index in [9.17, 15) is 13.8 Å². The van der Waals surface area contributed by atoms with Crippen LogP contribution in [-0.2, 0) is 31.1 Å². The summed E-state index contributed by atoms with van der Waals surface area (Å²) in [7, 11) is -1.43. The Hall–Kier alpha value is -2.88. The molecule has 2 bridgehead atoms. The fourth-order valence-corrected chi connectivity index (χ4v) is 10.6. The lowest BCUT2D eigenvalue weighted by Crippen LogP contribution is -2.51. The van der Waals surface area contributed by atoms with Gasteiger partial charge < -0.3 is 19.3 Å². The van der Waals surface area contributed by atoms with Crippen molar-refractivity contribution in [1.29, 1.82) is 0 Å². The molecule has 3 aliphatic heterocycles. The largest absolute Gasteiger partial charge is 0.490 e. The van der Waals surface area contributed by atoms with Gasteiger partial charge in [0.15, 0.2) is 0 Å². The number of nitrogens with zero attached hydrogens (tertiary/aromatic N) is 3. The van der Waals surface area contributed by atoms with Gasteiger partial charge in [-0.25, -0.2) is 4.21 Å². The molecule has 2 aromatic carbocycles. The molecule has 280 valence electrons. The fourth-order valence-electron chi connectivity index (χ4n) is 8.16. The van der Waals surface area contributed by atoms with Gasteiger partial charge in [-0.3, -0.25) is 9.59 Å². The summed E-state index contributed by atoms with van der Waals surface area (Å²) >= 11 is 6.45. The number of methoxy groups -OCH3 is 1. The molecule has 2 amide bonds. The minimum absolute atomic E-state index is 0.0496. The first-order valence-corrected chi connectivity index (χ1v) is 21.2. The summed E-state index contributed by atoms with van der Waals surface area (Å²) in [4.78, 5) is 31.4. The Kier molecular flexibility index (Phi) is 13.0. The second kappa shape index (κ2) is 16.9. The van der Waals surface area contributed by atoms with Crippen LogP contribution < -0.4 is 9.64 Å². The van der Waals surface area contributed by atoms with Crippen molar-refractivity contribution in [2.24, 2.45) is 28.0 Å². The van der Waals surface area contributed by atoms with E-state index in [1.165, 1.54) is 11.1 Å². The summed E-state index contributed by atoms with van der Waals surface area (Å²) in [6, 6.07) is 11.7. The van der Waals surface area contributed by atoms with Gasteiger partial charge in [-0.2, -0.15) is 4.36 Å². The number of hydrogen-bond acceptors (Lipinski definition) is 6. The topological polar surface area (TPSA) is 88.5 Å². The Bertz CT molecular complexity index is 1710. The zero-order valence-electron chi connectivity index (χ0n) is 31.7. The Morgan fingerprint density at radius 3 is 2.61 bits per heavy atom. The van der Waals surface area contributed by atoms with Gasteiger partial charge in [-0.15, -0.1) is 0 Å². The fraction of sp³-hybridized carbons (Fsp3) is 0.610. The molecule has 0 saturated carbocycles. The van der Waals surface area contributed by atoms with Crippen LogP contribution in [0.5, 0.6) is 5.75 Å². The number of likely N-dealkylation sites (tertiary alicyclic amines) is 1. The van der Waals surface area contributed by atoms with Gasteiger partial charge in [0.2, 0.25) is 5.91 Å². The lowest BCUT2D eigenvalue weighted by Gasteiger charge is -2.42. The monoisotopic (exact) mass is 739 g/mol. The van der Waals surface area contributed by atoms with Gasteiger partial charge in [0.25, 0.3) is 5.91 Å². The zero-order chi connectivity index (χ0) is 36.9. The molecule has 6 rings (SSSR count). The van der Waals surface area contributed by atoms with Crippen LogP contribution >= 0.6 is 11.6 Å². The molecule has 8 nitrogen and oxygen atoms in total. The average Bonchev–Trinajstić information content (AvgIpc) is 3.22. The number of hydrogen-bond donors (Lipinski definition) is 0. The Morgan fingerprint density at radius 1 is 1.12 bits per heavy atom. The first-order chi connectivity index (χ1) is 24.4. The number of carbonyl (C=O) groups is 2. The molecule has 0 radical (unpaired) electrons. The molecule has 51 heavy (non-hydrogen) atoms. The highest BCUT2D eigenvalue weighted by molar-refractivity contribution is 7.94. The van der Waals surface area contributed by atoms with E-state index in [1.807, 2.05) is 39.0 Å². The minimum atomic E-state index is -3.19. The molecule has 1 saturated heterocycles. The smallest absolute Gasteiger partial charge is 0.285 e. The average molecular weight is 740 g/mol. The highest BCUT2D eigenvalue weighted by Crippen LogP contribution is 2.45. The van der Waals surface area contributed by atoms with E-state index in [2.05, 4.69) is 54.3 Å². The highest BCUT2D eigenvalue weighted by atomic mass is 35.5. The summed E-state index contributed by atoms with van der Waals surface area (Å²) in [5.41, 5.74) is 3.47. The molecular weight excluding hydrogens is 682 g/mol. The number of amides is 2. The van der Waals surface area contributed by atoms with Crippen LogP contribution in [0.1, 0.15) is 88.7 Å².